The highest BCUT2D eigenvalue weighted by atomic mass is 79.9. The van der Waals surface area contributed by atoms with Crippen molar-refractivity contribution in [3.63, 3.8) is 0 Å². The van der Waals surface area contributed by atoms with E-state index in [4.69, 9.17) is 0 Å². The number of hydrogen-bond donors (Lipinski definition) is 1. The summed E-state index contributed by atoms with van der Waals surface area (Å²) in [6, 6.07) is 6.05. The Morgan fingerprint density at radius 2 is 2.30 bits per heavy atom. The van der Waals surface area contributed by atoms with Gasteiger partial charge in [-0.15, -0.1) is 0 Å². The molecule has 5 nitrogen and oxygen atoms in total. The Labute approximate surface area is 126 Å². The molecule has 0 aliphatic carbocycles. The van der Waals surface area contributed by atoms with Gasteiger partial charge in [0.05, 0.1) is 29.1 Å². The molecule has 0 amide bonds. The number of imidazole rings is 1. The Morgan fingerprint density at radius 3 is 3.00 bits per heavy atom. The maximum Gasteiger partial charge on any atom is 0.151 e. The van der Waals surface area contributed by atoms with Crippen LogP contribution in [-0.4, -0.2) is 35.5 Å². The van der Waals surface area contributed by atoms with E-state index in [2.05, 4.69) is 26.2 Å². The monoisotopic (exact) mass is 357 g/mol. The number of halogens is 1. The van der Waals surface area contributed by atoms with E-state index in [1.165, 1.54) is 0 Å². The molecule has 0 spiro atoms. The van der Waals surface area contributed by atoms with Crippen molar-refractivity contribution in [2.24, 2.45) is 7.05 Å². The van der Waals surface area contributed by atoms with Crippen molar-refractivity contribution in [3.8, 4) is 0 Å². The SMILES string of the molecule is Cn1c(CNC2CCS(=O)(=O)C2)nc2cc(Br)ccc21. The van der Waals surface area contributed by atoms with E-state index in [0.717, 1.165) is 21.3 Å². The Bertz CT molecular complexity index is 754. The zero-order valence-corrected chi connectivity index (χ0v) is 13.5. The largest absolute Gasteiger partial charge is 0.330 e. The molecular weight excluding hydrogens is 342 g/mol. The van der Waals surface area contributed by atoms with Gasteiger partial charge in [-0.05, 0) is 24.6 Å². The van der Waals surface area contributed by atoms with Crippen molar-refractivity contribution in [3.05, 3.63) is 28.5 Å². The molecule has 3 rings (SSSR count). The van der Waals surface area contributed by atoms with Gasteiger partial charge in [0.2, 0.25) is 0 Å². The van der Waals surface area contributed by atoms with Crippen molar-refractivity contribution in [1.29, 1.82) is 0 Å². The summed E-state index contributed by atoms with van der Waals surface area (Å²) in [5, 5.41) is 3.30. The van der Waals surface area contributed by atoms with Gasteiger partial charge in [0, 0.05) is 17.6 Å². The van der Waals surface area contributed by atoms with Crippen LogP contribution in [0.1, 0.15) is 12.2 Å². The van der Waals surface area contributed by atoms with E-state index in [9.17, 15) is 8.42 Å². The molecule has 1 unspecified atom stereocenters. The van der Waals surface area contributed by atoms with E-state index in [1.54, 1.807) is 0 Å². The maximum atomic E-state index is 11.4. The summed E-state index contributed by atoms with van der Waals surface area (Å²) in [5.74, 6) is 1.45. The van der Waals surface area contributed by atoms with Crippen LogP contribution in [0.5, 0.6) is 0 Å². The van der Waals surface area contributed by atoms with E-state index in [1.807, 2.05) is 29.8 Å². The molecule has 1 aromatic heterocycles. The van der Waals surface area contributed by atoms with Crippen LogP contribution >= 0.6 is 15.9 Å². The minimum atomic E-state index is -2.84. The van der Waals surface area contributed by atoms with Gasteiger partial charge in [-0.25, -0.2) is 13.4 Å². The lowest BCUT2D eigenvalue weighted by Gasteiger charge is -2.10. The topological polar surface area (TPSA) is 64.0 Å². The van der Waals surface area contributed by atoms with Crippen molar-refractivity contribution in [2.45, 2.75) is 19.0 Å². The molecule has 1 atom stereocenters. The van der Waals surface area contributed by atoms with Crippen LogP contribution in [0.3, 0.4) is 0 Å². The molecule has 0 radical (unpaired) electrons. The molecule has 1 aliphatic heterocycles. The Hall–Kier alpha value is -0.920. The fourth-order valence-electron chi connectivity index (χ4n) is 2.57. The molecule has 0 bridgehead atoms. The zero-order valence-electron chi connectivity index (χ0n) is 11.1. The summed E-state index contributed by atoms with van der Waals surface area (Å²) in [5.41, 5.74) is 2.02. The van der Waals surface area contributed by atoms with Crippen molar-refractivity contribution >= 4 is 36.8 Å². The minimum absolute atomic E-state index is 0.0477. The molecule has 2 heterocycles. The Balaban J connectivity index is 1.76. The maximum absolute atomic E-state index is 11.4. The van der Waals surface area contributed by atoms with Crippen LogP contribution < -0.4 is 5.32 Å². The molecule has 1 aromatic carbocycles. The smallest absolute Gasteiger partial charge is 0.151 e. The van der Waals surface area contributed by atoms with Crippen LogP contribution in [0.25, 0.3) is 11.0 Å². The van der Waals surface area contributed by atoms with E-state index < -0.39 is 9.84 Å². The van der Waals surface area contributed by atoms with E-state index in [0.29, 0.717) is 18.7 Å². The molecule has 1 saturated heterocycles. The number of rotatable bonds is 3. The molecule has 0 saturated carbocycles. The van der Waals surface area contributed by atoms with Crippen LogP contribution in [0.4, 0.5) is 0 Å². The second-order valence-electron chi connectivity index (χ2n) is 5.20. The highest BCUT2D eigenvalue weighted by Gasteiger charge is 2.27. The van der Waals surface area contributed by atoms with E-state index in [-0.39, 0.29) is 11.8 Å². The lowest BCUT2D eigenvalue weighted by atomic mass is 10.2. The van der Waals surface area contributed by atoms with Gasteiger partial charge >= 0.3 is 0 Å². The standard InChI is InChI=1S/C13H16BrN3O2S/c1-17-12-3-2-9(14)6-11(12)16-13(17)7-15-10-4-5-20(18,19)8-10/h2-3,6,10,15H,4-5,7-8H2,1H3. The van der Waals surface area contributed by atoms with Gasteiger partial charge in [-0.3, -0.25) is 0 Å². The first kappa shape index (κ1) is 14.0. The molecule has 1 fully saturated rings. The Kier molecular flexibility index (Phi) is 3.60. The first-order valence-corrected chi connectivity index (χ1v) is 9.11. The molecular formula is C13H16BrN3O2S. The number of benzene rings is 1. The number of sulfone groups is 1. The van der Waals surface area contributed by atoms with Gasteiger partial charge in [0.1, 0.15) is 5.82 Å². The predicted molar refractivity (Wildman–Crippen MR) is 82.3 cm³/mol. The second kappa shape index (κ2) is 5.13. The molecule has 7 heteroatoms. The number of nitrogens with one attached hydrogen (secondary N) is 1. The minimum Gasteiger partial charge on any atom is -0.330 e. The molecule has 1 N–H and O–H groups in total. The normalized spacial score (nSPS) is 21.6. The number of fused-ring (bicyclic) bond motifs is 1. The summed E-state index contributed by atoms with van der Waals surface area (Å²) >= 11 is 3.44. The third-order valence-electron chi connectivity index (χ3n) is 3.72. The quantitative estimate of drug-likeness (QED) is 0.906. The fraction of sp³-hybridized carbons (Fsp3) is 0.462. The lowest BCUT2D eigenvalue weighted by molar-refractivity contribution is 0.535. The number of nitrogens with zero attached hydrogens (tertiary/aromatic N) is 2. The number of hydrogen-bond acceptors (Lipinski definition) is 4. The first-order chi connectivity index (χ1) is 9.44. The molecule has 2 aromatic rings. The van der Waals surface area contributed by atoms with Crippen molar-refractivity contribution in [1.82, 2.24) is 14.9 Å². The zero-order chi connectivity index (χ0) is 14.3. The summed E-state index contributed by atoms with van der Waals surface area (Å²) in [6.07, 6.45) is 0.692. The molecule has 20 heavy (non-hydrogen) atoms. The summed E-state index contributed by atoms with van der Waals surface area (Å²) < 4.78 is 25.9. The van der Waals surface area contributed by atoms with Gasteiger partial charge in [-0.1, -0.05) is 15.9 Å². The molecule has 1 aliphatic rings. The van der Waals surface area contributed by atoms with Crippen molar-refractivity contribution in [2.75, 3.05) is 11.5 Å². The van der Waals surface area contributed by atoms with Crippen LogP contribution in [0.15, 0.2) is 22.7 Å². The summed E-state index contributed by atoms with van der Waals surface area (Å²) in [7, 11) is -0.858. The van der Waals surface area contributed by atoms with Crippen LogP contribution in [0, 0.1) is 0 Å². The molecule has 108 valence electrons. The predicted octanol–water partition coefficient (Wildman–Crippen LogP) is 1.61. The van der Waals surface area contributed by atoms with Crippen LogP contribution in [-0.2, 0) is 23.4 Å². The van der Waals surface area contributed by atoms with E-state index >= 15 is 0 Å². The van der Waals surface area contributed by atoms with Crippen LogP contribution in [0.2, 0.25) is 0 Å². The Morgan fingerprint density at radius 1 is 1.50 bits per heavy atom. The highest BCUT2D eigenvalue weighted by Crippen LogP contribution is 2.20. The van der Waals surface area contributed by atoms with Gasteiger partial charge in [0.25, 0.3) is 0 Å². The van der Waals surface area contributed by atoms with Gasteiger partial charge < -0.3 is 9.88 Å². The summed E-state index contributed by atoms with van der Waals surface area (Å²) in [4.78, 5) is 4.59. The number of aryl methyl sites for hydroxylation is 1. The second-order valence-corrected chi connectivity index (χ2v) is 8.35. The lowest BCUT2D eigenvalue weighted by Crippen LogP contribution is -2.30. The first-order valence-electron chi connectivity index (χ1n) is 6.49. The number of aromatic nitrogens is 2. The van der Waals surface area contributed by atoms with Crippen molar-refractivity contribution < 1.29 is 8.42 Å². The van der Waals surface area contributed by atoms with Gasteiger partial charge in [-0.2, -0.15) is 0 Å². The third-order valence-corrected chi connectivity index (χ3v) is 5.98. The average Bonchev–Trinajstić information content (AvgIpc) is 2.87. The average molecular weight is 358 g/mol. The fourth-order valence-corrected chi connectivity index (χ4v) is 4.63. The highest BCUT2D eigenvalue weighted by molar-refractivity contribution is 9.10. The van der Waals surface area contributed by atoms with Gasteiger partial charge in [0.15, 0.2) is 9.84 Å². The third kappa shape index (κ3) is 2.75. The summed E-state index contributed by atoms with van der Waals surface area (Å²) in [6.45, 7) is 0.586.